The van der Waals surface area contributed by atoms with Crippen LogP contribution in [0.3, 0.4) is 0 Å². The van der Waals surface area contributed by atoms with Crippen molar-refractivity contribution in [2.24, 2.45) is 17.8 Å². The van der Waals surface area contributed by atoms with Gasteiger partial charge in [-0.25, -0.2) is 0 Å². The van der Waals surface area contributed by atoms with Gasteiger partial charge >= 0.3 is 17.9 Å². The SMILES string of the molecule is CCC(C)CCCCCCCCCCCCCCCCC(=O)OC[C@@H](COC(=O)CCCCCCCCC(C)C)OC(=O)CCCCCCCCCCCCCCCCC(C)CC. The summed E-state index contributed by atoms with van der Waals surface area (Å²) in [6, 6.07) is 0. The molecule has 0 spiro atoms. The number of hydrogen-bond acceptors (Lipinski definition) is 6. The number of ether oxygens (including phenoxy) is 3. The first-order chi connectivity index (χ1) is 30.7. The fourth-order valence-corrected chi connectivity index (χ4v) is 8.58. The zero-order valence-electron chi connectivity index (χ0n) is 43.4. The third-order valence-electron chi connectivity index (χ3n) is 13.6. The fraction of sp³-hybridized carbons (Fsp3) is 0.947. The Labute approximate surface area is 393 Å². The fourth-order valence-electron chi connectivity index (χ4n) is 8.58. The van der Waals surface area contributed by atoms with E-state index in [0.717, 1.165) is 75.5 Å². The summed E-state index contributed by atoms with van der Waals surface area (Å²) in [6.07, 6.45) is 49.5. The van der Waals surface area contributed by atoms with Gasteiger partial charge in [-0.15, -0.1) is 0 Å². The molecule has 0 aromatic heterocycles. The molecule has 374 valence electrons. The van der Waals surface area contributed by atoms with Crippen molar-refractivity contribution in [1.82, 2.24) is 0 Å². The summed E-state index contributed by atoms with van der Waals surface area (Å²) in [6.45, 7) is 13.8. The molecule has 0 amide bonds. The second-order valence-electron chi connectivity index (χ2n) is 20.5. The molecule has 0 N–H and O–H groups in total. The number of unbranched alkanes of at least 4 members (excludes halogenated alkanes) is 31. The Hall–Kier alpha value is -1.59. The van der Waals surface area contributed by atoms with Gasteiger partial charge in [0.1, 0.15) is 13.2 Å². The Kier molecular flexibility index (Phi) is 47.1. The van der Waals surface area contributed by atoms with E-state index in [2.05, 4.69) is 41.5 Å². The van der Waals surface area contributed by atoms with Crippen LogP contribution < -0.4 is 0 Å². The molecule has 0 radical (unpaired) electrons. The molecule has 0 fully saturated rings. The lowest BCUT2D eigenvalue weighted by molar-refractivity contribution is -0.167. The van der Waals surface area contributed by atoms with Gasteiger partial charge in [-0.05, 0) is 37.0 Å². The summed E-state index contributed by atoms with van der Waals surface area (Å²) in [5.41, 5.74) is 0. The first-order valence-electron chi connectivity index (χ1n) is 28.2. The van der Waals surface area contributed by atoms with Gasteiger partial charge in [0.25, 0.3) is 0 Å². The van der Waals surface area contributed by atoms with E-state index in [9.17, 15) is 14.4 Å². The van der Waals surface area contributed by atoms with Crippen molar-refractivity contribution in [3.05, 3.63) is 0 Å². The average molecular weight is 892 g/mol. The molecule has 0 aromatic carbocycles. The molecule has 63 heavy (non-hydrogen) atoms. The summed E-state index contributed by atoms with van der Waals surface area (Å²) >= 11 is 0. The predicted molar refractivity (Wildman–Crippen MR) is 270 cm³/mol. The highest BCUT2D eigenvalue weighted by Crippen LogP contribution is 2.19. The smallest absolute Gasteiger partial charge is 0.306 e. The van der Waals surface area contributed by atoms with Gasteiger partial charge < -0.3 is 14.2 Å². The van der Waals surface area contributed by atoms with Gasteiger partial charge in [0.2, 0.25) is 0 Å². The Balaban J connectivity index is 4.24. The van der Waals surface area contributed by atoms with Crippen LogP contribution in [0.4, 0.5) is 0 Å². The number of rotatable bonds is 50. The molecule has 0 heterocycles. The van der Waals surface area contributed by atoms with Gasteiger partial charge in [-0.2, -0.15) is 0 Å². The number of esters is 3. The normalized spacial score (nSPS) is 13.0. The summed E-state index contributed by atoms with van der Waals surface area (Å²) in [5, 5.41) is 0. The van der Waals surface area contributed by atoms with Gasteiger partial charge in [-0.3, -0.25) is 14.4 Å². The molecule has 2 unspecified atom stereocenters. The van der Waals surface area contributed by atoms with Crippen molar-refractivity contribution in [2.45, 2.75) is 317 Å². The molecular weight excluding hydrogens is 781 g/mol. The van der Waals surface area contributed by atoms with Crippen LogP contribution in [0.5, 0.6) is 0 Å². The molecule has 0 aromatic rings. The summed E-state index contributed by atoms with van der Waals surface area (Å²) < 4.78 is 16.8. The molecule has 0 aliphatic rings. The Morgan fingerprint density at radius 3 is 0.825 bits per heavy atom. The summed E-state index contributed by atoms with van der Waals surface area (Å²) in [7, 11) is 0. The molecule has 0 bridgehead atoms. The van der Waals surface area contributed by atoms with Crippen molar-refractivity contribution in [3.8, 4) is 0 Å². The first kappa shape index (κ1) is 61.4. The molecule has 6 heteroatoms. The second kappa shape index (κ2) is 48.3. The van der Waals surface area contributed by atoms with Crippen LogP contribution in [-0.4, -0.2) is 37.2 Å². The maximum Gasteiger partial charge on any atom is 0.306 e. The standard InChI is InChI=1S/C57H110O6/c1-7-52(5)44-38-32-25-21-17-13-9-11-15-19-23-27-34-40-46-55(58)61-49-54(50-62-56(59)47-41-35-30-29-31-37-43-51(3)4)63-57(60)48-42-36-28-24-20-16-12-10-14-18-22-26-33-39-45-53(6)8-2/h51-54H,7-50H2,1-6H3/t52?,53?,54-/m0/s1. The van der Waals surface area contributed by atoms with Crippen molar-refractivity contribution in [1.29, 1.82) is 0 Å². The van der Waals surface area contributed by atoms with Gasteiger partial charge in [0.05, 0.1) is 0 Å². The highest BCUT2D eigenvalue weighted by atomic mass is 16.6. The van der Waals surface area contributed by atoms with E-state index in [4.69, 9.17) is 14.2 Å². The molecule has 3 atom stereocenters. The minimum absolute atomic E-state index is 0.0646. The summed E-state index contributed by atoms with van der Waals surface area (Å²) in [5.74, 6) is 1.70. The maximum absolute atomic E-state index is 12.8. The van der Waals surface area contributed by atoms with Crippen molar-refractivity contribution in [3.63, 3.8) is 0 Å². The van der Waals surface area contributed by atoms with Crippen molar-refractivity contribution >= 4 is 17.9 Å². The van der Waals surface area contributed by atoms with E-state index in [1.54, 1.807) is 0 Å². The van der Waals surface area contributed by atoms with E-state index in [1.165, 1.54) is 193 Å². The van der Waals surface area contributed by atoms with E-state index < -0.39 is 6.10 Å². The van der Waals surface area contributed by atoms with Crippen molar-refractivity contribution < 1.29 is 28.6 Å². The van der Waals surface area contributed by atoms with Crippen LogP contribution in [0, 0.1) is 17.8 Å². The zero-order chi connectivity index (χ0) is 46.3. The number of carbonyl (C=O) groups excluding carboxylic acids is 3. The maximum atomic E-state index is 12.8. The minimum atomic E-state index is -0.763. The molecule has 6 nitrogen and oxygen atoms in total. The largest absolute Gasteiger partial charge is 0.462 e. The quantitative estimate of drug-likeness (QED) is 0.0344. The molecule has 0 aliphatic heterocycles. The van der Waals surface area contributed by atoms with E-state index in [0.29, 0.717) is 19.3 Å². The third-order valence-corrected chi connectivity index (χ3v) is 13.6. The molecule has 0 rings (SSSR count). The highest BCUT2D eigenvalue weighted by Gasteiger charge is 2.19. The molecular formula is C57H110O6. The third kappa shape index (κ3) is 48.2. The first-order valence-corrected chi connectivity index (χ1v) is 28.2. The lowest BCUT2D eigenvalue weighted by Crippen LogP contribution is -2.30. The lowest BCUT2D eigenvalue weighted by atomic mass is 9.99. The lowest BCUT2D eigenvalue weighted by Gasteiger charge is -2.18. The van der Waals surface area contributed by atoms with Gasteiger partial charge in [0.15, 0.2) is 6.10 Å². The minimum Gasteiger partial charge on any atom is -0.462 e. The van der Waals surface area contributed by atoms with Crippen LogP contribution in [0.15, 0.2) is 0 Å². The molecule has 0 saturated carbocycles. The monoisotopic (exact) mass is 891 g/mol. The van der Waals surface area contributed by atoms with Crippen LogP contribution in [0.2, 0.25) is 0 Å². The highest BCUT2D eigenvalue weighted by molar-refractivity contribution is 5.71. The van der Waals surface area contributed by atoms with Crippen LogP contribution in [0.1, 0.15) is 311 Å². The summed E-state index contributed by atoms with van der Waals surface area (Å²) in [4.78, 5) is 38.0. The average Bonchev–Trinajstić information content (AvgIpc) is 3.27. The molecule has 0 aliphatic carbocycles. The van der Waals surface area contributed by atoms with Crippen LogP contribution >= 0.6 is 0 Å². The molecule has 0 saturated heterocycles. The van der Waals surface area contributed by atoms with Crippen LogP contribution in [0.25, 0.3) is 0 Å². The number of carbonyl (C=O) groups is 3. The Morgan fingerprint density at radius 1 is 0.317 bits per heavy atom. The van der Waals surface area contributed by atoms with E-state index >= 15 is 0 Å². The van der Waals surface area contributed by atoms with E-state index in [-0.39, 0.29) is 31.1 Å². The van der Waals surface area contributed by atoms with E-state index in [1.807, 2.05) is 0 Å². The van der Waals surface area contributed by atoms with Gasteiger partial charge in [-0.1, -0.05) is 273 Å². The van der Waals surface area contributed by atoms with Gasteiger partial charge in [0, 0.05) is 19.3 Å². The topological polar surface area (TPSA) is 78.9 Å². The Morgan fingerprint density at radius 2 is 0.556 bits per heavy atom. The zero-order valence-corrected chi connectivity index (χ0v) is 43.4. The van der Waals surface area contributed by atoms with Crippen molar-refractivity contribution in [2.75, 3.05) is 13.2 Å². The second-order valence-corrected chi connectivity index (χ2v) is 20.5. The Bertz CT molecular complexity index is 980. The van der Waals surface area contributed by atoms with Crippen LogP contribution in [-0.2, 0) is 28.6 Å². The number of hydrogen-bond donors (Lipinski definition) is 0. The predicted octanol–water partition coefficient (Wildman–Crippen LogP) is 18.3.